The molecule has 5 aromatic carbocycles. The maximum absolute atomic E-state index is 14.2. The van der Waals surface area contributed by atoms with E-state index >= 15 is 0 Å². The highest BCUT2D eigenvalue weighted by molar-refractivity contribution is 7.82. The molecule has 32 heteroatoms. The molecular weight excluding hydrogens is 1530 g/mol. The van der Waals surface area contributed by atoms with E-state index in [1.165, 1.54) is 48.2 Å². The van der Waals surface area contributed by atoms with Crippen molar-refractivity contribution in [1.82, 2.24) is 20.4 Å². The Labute approximate surface area is 668 Å². The Morgan fingerprint density at radius 1 is 0.614 bits per heavy atom. The molecule has 6 N–H and O–H groups in total. The lowest BCUT2D eigenvalue weighted by molar-refractivity contribution is -0.916. The molecule has 7 aromatic rings. The first kappa shape index (κ1) is 80.9. The number of nitrogens with zero attached hydrogens (tertiary/aromatic N) is 5. The number of hydrogen-bond donors (Lipinski definition) is 6. The number of rotatable bonds is 34. The number of carbonyl (C=O) groups excluding carboxylic acids is 4. The van der Waals surface area contributed by atoms with Gasteiger partial charge in [-0.05, 0) is 149 Å². The molecule has 14 rings (SSSR count). The maximum Gasteiger partial charge on any atom is 0.501 e. The Bertz CT molecular complexity index is 4710. The van der Waals surface area contributed by atoms with Gasteiger partial charge in [-0.25, -0.2) is 4.79 Å². The Kier molecular flexibility index (Phi) is 25.8. The highest BCUT2D eigenvalue weighted by Gasteiger charge is 2.50. The van der Waals surface area contributed by atoms with Gasteiger partial charge >= 0.3 is 16.5 Å². The Balaban J connectivity index is 0.607. The fourth-order valence-corrected chi connectivity index (χ4v) is 17.8. The van der Waals surface area contributed by atoms with Crippen LogP contribution < -0.4 is 42.7 Å². The topological polar surface area (TPSA) is 349 Å². The maximum atomic E-state index is 14.2. The van der Waals surface area contributed by atoms with E-state index in [1.54, 1.807) is 59.1 Å². The van der Waals surface area contributed by atoms with Crippen LogP contribution in [0, 0.1) is 29.6 Å². The van der Waals surface area contributed by atoms with Crippen molar-refractivity contribution < 1.29 is 108 Å². The fourth-order valence-electron chi connectivity index (χ4n) is 15.2. The van der Waals surface area contributed by atoms with E-state index in [1.807, 2.05) is 65.3 Å². The van der Waals surface area contributed by atoms with Gasteiger partial charge in [0.15, 0.2) is 34.5 Å². The van der Waals surface area contributed by atoms with E-state index in [-0.39, 0.29) is 101 Å². The number of aliphatic hydroxyl groups excluding tert-OH is 4. The van der Waals surface area contributed by atoms with Gasteiger partial charge in [0.05, 0.1) is 116 Å². The quantitative estimate of drug-likeness (QED) is 0.0126. The monoisotopic (exact) mass is 1620 g/mol. The van der Waals surface area contributed by atoms with Crippen molar-refractivity contribution in [3.8, 4) is 52.1 Å². The van der Waals surface area contributed by atoms with Gasteiger partial charge in [0.25, 0.3) is 17.7 Å². The number of carbonyl (C=O) groups is 4. The number of nitrogens with one attached hydrogen (secondary N) is 2. The molecule has 2 unspecified atom stereocenters. The molecule has 10 atom stereocenters. The lowest BCUT2D eigenvalue weighted by Crippen LogP contribution is -2.60. The molecule has 2 aliphatic carbocycles. The van der Waals surface area contributed by atoms with E-state index in [4.69, 9.17) is 65.7 Å². The molecule has 2 fully saturated rings. The lowest BCUT2D eigenvalue weighted by Gasteiger charge is -2.39. The van der Waals surface area contributed by atoms with Crippen molar-refractivity contribution in [2.75, 3.05) is 94.3 Å². The van der Waals surface area contributed by atoms with Crippen LogP contribution >= 0.6 is 22.7 Å². The average Bonchev–Trinajstić information content (AvgIpc) is 1.61. The highest BCUT2D eigenvalue weighted by atomic mass is 32.3. The minimum absolute atomic E-state index is 0.0283. The highest BCUT2D eigenvalue weighted by Crippen LogP contribution is 2.52. The predicted octanol–water partition coefficient (Wildman–Crippen LogP) is 8.15. The first-order chi connectivity index (χ1) is 55.2. The van der Waals surface area contributed by atoms with Crippen LogP contribution in [0.25, 0.3) is 0 Å². The molecule has 604 valence electrons. The minimum atomic E-state index is -5.07. The Morgan fingerprint density at radius 3 is 1.72 bits per heavy atom. The van der Waals surface area contributed by atoms with Crippen molar-refractivity contribution in [1.29, 1.82) is 0 Å². The molecule has 5 aliphatic heterocycles. The van der Waals surface area contributed by atoms with Crippen LogP contribution in [0.15, 0.2) is 118 Å². The number of methoxy groups -OCH3 is 2. The molecule has 0 radical (unpaired) electrons. The zero-order valence-corrected chi connectivity index (χ0v) is 65.9. The van der Waals surface area contributed by atoms with Crippen LogP contribution in [-0.4, -0.2) is 216 Å². The second kappa shape index (κ2) is 36.4. The standard InChI is InChI=1S/C82H91N7O22S3/c1-89(2,44-50-29-51(46-105-69-37-64-61(35-67(69)100-3)79(95)87-41-54-17-27-112-73(54)33-56(87)39-85-64)31-52(30-50)47-106-70-38-65-62(36-68(70)101-4)80(96)88-42-55-18-28-113-74(55)34-57(88)40-86-65)43-49-11-14-58(15-12-49)110-114(98,99)111-71-32-53(13-16-66(71)108-81-77(93)76(92)75(91)72(45-90)109-81)78(94)83-19-21-102-23-25-104-26-24-103-22-20-84-82(97)107-48-63-59-9-7-5-6-8-10-60(59)63/h11-18,27-32,35-40,56-57,59-60,63,72,75-77,81,90-93H,7-10,19-26,33-34,41-48H2,1-4H3,(H-,83,84,94,97)/p+1/t56-,57-,59-,60+,63?,72+,75-,76-,77+,81?/m0/s1. The lowest BCUT2D eigenvalue weighted by atomic mass is 9.99. The van der Waals surface area contributed by atoms with Crippen LogP contribution in [0.3, 0.4) is 0 Å². The number of quaternary nitrogens is 1. The van der Waals surface area contributed by atoms with Crippen LogP contribution in [0.5, 0.6) is 40.2 Å². The number of aliphatic imine (C=N–C) groups is 2. The largest absolute Gasteiger partial charge is 0.501 e. The van der Waals surface area contributed by atoms with Gasteiger partial charge in [0, 0.05) is 103 Å². The van der Waals surface area contributed by atoms with E-state index in [9.17, 15) is 48.0 Å². The second-order valence-electron chi connectivity index (χ2n) is 29.5. The number of amides is 4. The van der Waals surface area contributed by atoms with Gasteiger partial charge in [-0.15, -0.1) is 42.9 Å². The fraction of sp³-hybridized carbons (Fsp3) is 0.439. The number of aliphatic hydroxyl groups is 4. The molecule has 29 nitrogen and oxygen atoms in total. The number of ether oxygens (including phenoxy) is 10. The average molecular weight is 1620 g/mol. The summed E-state index contributed by atoms with van der Waals surface area (Å²) < 4.78 is 97.8. The third-order valence-corrected chi connectivity index (χ3v) is 23.8. The molecule has 7 aliphatic rings. The van der Waals surface area contributed by atoms with Gasteiger partial charge in [0.2, 0.25) is 6.29 Å². The van der Waals surface area contributed by atoms with Crippen LogP contribution in [0.1, 0.15) is 99.9 Å². The molecule has 1 saturated heterocycles. The van der Waals surface area contributed by atoms with E-state index in [2.05, 4.69) is 34.6 Å². The number of fused-ring (bicyclic) bond motifs is 7. The van der Waals surface area contributed by atoms with Crippen LogP contribution in [0.4, 0.5) is 16.2 Å². The summed E-state index contributed by atoms with van der Waals surface area (Å²) in [5.41, 5.74) is 7.14. The van der Waals surface area contributed by atoms with E-state index in [0.29, 0.717) is 113 Å². The minimum Gasteiger partial charge on any atom is -0.493 e. The molecule has 114 heavy (non-hydrogen) atoms. The predicted molar refractivity (Wildman–Crippen MR) is 419 cm³/mol. The Hall–Kier alpha value is -9.73. The first-order valence-electron chi connectivity index (χ1n) is 37.8. The van der Waals surface area contributed by atoms with Gasteiger partial charge in [-0.1, -0.05) is 0 Å². The molecular formula is C82H92N7O22S3+. The van der Waals surface area contributed by atoms with Crippen molar-refractivity contribution in [2.24, 2.45) is 27.7 Å². The van der Waals surface area contributed by atoms with Crippen molar-refractivity contribution in [3.05, 3.63) is 168 Å². The SMILES string of the molecule is COc1cc2c(cc1OCc1cc(COc3cc4c(cc3OC)C(=O)N3Cc5ccsc5C[C@H]3C=N4)cc(C[N+](C)(C)Cc3ccc(OS(=O)(=O)Oc4cc(C(=O)NCCOCCOCCOCCNC(=O)OCC5[C@H]6CCC#CCC[C@@H]56)ccc4OC4O[C@H](CO)[C@H](O)[C@H](O)[C@H]4O)cc3)c1)N=C[C@@H]1Cc3sccc3CN1C2=O. The third-order valence-electron chi connectivity index (χ3n) is 21.0. The summed E-state index contributed by atoms with van der Waals surface area (Å²) in [5, 5.41) is 51.3. The zero-order chi connectivity index (χ0) is 79.6. The second-order valence-corrected chi connectivity index (χ2v) is 32.6. The van der Waals surface area contributed by atoms with Crippen LogP contribution in [0.2, 0.25) is 0 Å². The van der Waals surface area contributed by atoms with Crippen molar-refractivity contribution >= 4 is 80.7 Å². The zero-order valence-electron chi connectivity index (χ0n) is 63.5. The van der Waals surface area contributed by atoms with Gasteiger partial charge in [-0.2, -0.15) is 0 Å². The molecule has 4 amide bonds. The molecule has 0 bridgehead atoms. The number of hydrogen-bond acceptors (Lipinski definition) is 26. The molecule has 7 heterocycles. The van der Waals surface area contributed by atoms with Gasteiger partial charge in [0.1, 0.15) is 56.5 Å². The van der Waals surface area contributed by atoms with Gasteiger partial charge in [-0.3, -0.25) is 24.4 Å². The number of thiophene rings is 2. The summed E-state index contributed by atoms with van der Waals surface area (Å²) in [4.78, 5) is 70.0. The summed E-state index contributed by atoms with van der Waals surface area (Å²) in [6.07, 6.45) is -0.166. The summed E-state index contributed by atoms with van der Waals surface area (Å²) in [5.74, 6) is 7.33. The van der Waals surface area contributed by atoms with E-state index in [0.717, 1.165) is 65.1 Å². The summed E-state index contributed by atoms with van der Waals surface area (Å²) in [6, 6.07) is 26.4. The summed E-state index contributed by atoms with van der Waals surface area (Å²) in [7, 11) is 2.06. The summed E-state index contributed by atoms with van der Waals surface area (Å²) in [6.45, 7) is 3.24. The van der Waals surface area contributed by atoms with Crippen molar-refractivity contribution in [2.45, 2.75) is 121 Å². The molecule has 0 spiro atoms. The van der Waals surface area contributed by atoms with Crippen LogP contribution in [-0.2, 0) is 86.3 Å². The third kappa shape index (κ3) is 19.6. The molecule has 1 saturated carbocycles. The normalized spacial score (nSPS) is 21.9. The van der Waals surface area contributed by atoms with Gasteiger partial charge < -0.3 is 101 Å². The summed E-state index contributed by atoms with van der Waals surface area (Å²) >= 11 is 3.36. The number of benzene rings is 5. The van der Waals surface area contributed by atoms with E-state index < -0.39 is 71.2 Å². The molecule has 2 aromatic heterocycles. The first-order valence-corrected chi connectivity index (χ1v) is 40.9. The smallest absolute Gasteiger partial charge is 0.493 e. The number of alkyl carbamates (subject to hydrolysis) is 1. The van der Waals surface area contributed by atoms with Crippen molar-refractivity contribution in [3.63, 3.8) is 0 Å². The Morgan fingerprint density at radius 2 is 1.16 bits per heavy atom.